The quantitative estimate of drug-likeness (QED) is 0.917. The molecule has 0 amide bonds. The fourth-order valence-corrected chi connectivity index (χ4v) is 4.89. The second-order valence-electron chi connectivity index (χ2n) is 7.84. The molecule has 1 unspecified atom stereocenters. The van der Waals surface area contributed by atoms with Crippen molar-refractivity contribution < 1.29 is 5.11 Å². The molecule has 2 aromatic rings. The molecule has 1 aliphatic carbocycles. The lowest BCUT2D eigenvalue weighted by atomic mass is 9.59. The average molecular weight is 321 g/mol. The smallest absolute Gasteiger partial charge is 0.115 e. The third kappa shape index (κ3) is 2.53. The van der Waals surface area contributed by atoms with Crippen molar-refractivity contribution in [2.24, 2.45) is 5.92 Å². The van der Waals surface area contributed by atoms with Crippen LogP contribution in [-0.4, -0.2) is 29.1 Å². The molecule has 4 rings (SSSR count). The molecule has 2 bridgehead atoms. The van der Waals surface area contributed by atoms with Crippen molar-refractivity contribution in [1.82, 2.24) is 4.90 Å². The fourth-order valence-electron chi connectivity index (χ4n) is 4.89. The Labute approximate surface area is 145 Å². The highest BCUT2D eigenvalue weighted by atomic mass is 16.3. The summed E-state index contributed by atoms with van der Waals surface area (Å²) in [6.07, 6.45) is 3.42. The van der Waals surface area contributed by atoms with Gasteiger partial charge in [0.05, 0.1) is 0 Å². The normalized spacial score (nSPS) is 29.2. The molecule has 0 radical (unpaired) electrons. The maximum Gasteiger partial charge on any atom is 0.115 e. The largest absolute Gasteiger partial charge is 0.508 e. The van der Waals surface area contributed by atoms with Crippen LogP contribution in [0.3, 0.4) is 0 Å². The summed E-state index contributed by atoms with van der Waals surface area (Å²) in [5, 5.41) is 9.94. The van der Waals surface area contributed by atoms with Crippen LogP contribution in [0.1, 0.15) is 37.0 Å². The van der Waals surface area contributed by atoms with E-state index < -0.39 is 0 Å². The first kappa shape index (κ1) is 15.7. The van der Waals surface area contributed by atoms with Gasteiger partial charge in [0.25, 0.3) is 0 Å². The molecular weight excluding hydrogens is 294 g/mol. The minimum atomic E-state index is 0.195. The standard InChI is InChI=1S/C22H27NO/c1-16-21-14-18-8-9-19(24)15-20(18)22(16,2)11-13-23(21)12-10-17-6-4-3-5-7-17/h3-9,15-16,21,24H,10-14H2,1-2H3/t16?,21-,22-/m1/s1. The van der Waals surface area contributed by atoms with E-state index in [1.807, 2.05) is 12.1 Å². The van der Waals surface area contributed by atoms with Gasteiger partial charge in [0.2, 0.25) is 0 Å². The Kier molecular flexibility index (Phi) is 3.88. The number of hydrogen-bond acceptors (Lipinski definition) is 2. The van der Waals surface area contributed by atoms with Gasteiger partial charge in [0, 0.05) is 12.6 Å². The summed E-state index contributed by atoms with van der Waals surface area (Å²) in [4.78, 5) is 2.70. The average Bonchev–Trinajstić information content (AvgIpc) is 2.59. The van der Waals surface area contributed by atoms with Gasteiger partial charge in [0.15, 0.2) is 0 Å². The summed E-state index contributed by atoms with van der Waals surface area (Å²) in [5.74, 6) is 1.03. The summed E-state index contributed by atoms with van der Waals surface area (Å²) in [7, 11) is 0. The zero-order chi connectivity index (χ0) is 16.7. The van der Waals surface area contributed by atoms with Gasteiger partial charge in [-0.25, -0.2) is 0 Å². The maximum absolute atomic E-state index is 9.94. The zero-order valence-corrected chi connectivity index (χ0v) is 14.7. The van der Waals surface area contributed by atoms with E-state index in [4.69, 9.17) is 0 Å². The van der Waals surface area contributed by atoms with Gasteiger partial charge in [-0.3, -0.25) is 4.90 Å². The molecule has 2 nitrogen and oxygen atoms in total. The Morgan fingerprint density at radius 2 is 1.96 bits per heavy atom. The molecule has 126 valence electrons. The summed E-state index contributed by atoms with van der Waals surface area (Å²) in [6.45, 7) is 7.11. The number of likely N-dealkylation sites (tertiary alicyclic amines) is 1. The van der Waals surface area contributed by atoms with Crippen LogP contribution in [0.4, 0.5) is 0 Å². The second-order valence-corrected chi connectivity index (χ2v) is 7.84. The third-order valence-corrected chi connectivity index (χ3v) is 6.64. The number of aromatic hydroxyl groups is 1. The number of phenols is 1. The molecule has 1 aliphatic heterocycles. The van der Waals surface area contributed by atoms with Crippen molar-refractivity contribution in [2.45, 2.75) is 44.6 Å². The first-order valence-electron chi connectivity index (χ1n) is 9.18. The number of benzene rings is 2. The number of hydrogen-bond donors (Lipinski definition) is 1. The van der Waals surface area contributed by atoms with Crippen LogP contribution in [0.25, 0.3) is 0 Å². The van der Waals surface area contributed by atoms with E-state index in [2.05, 4.69) is 55.1 Å². The van der Waals surface area contributed by atoms with E-state index in [1.165, 1.54) is 23.1 Å². The minimum Gasteiger partial charge on any atom is -0.508 e. The lowest BCUT2D eigenvalue weighted by Gasteiger charge is -2.54. The fraction of sp³-hybridized carbons (Fsp3) is 0.455. The molecule has 24 heavy (non-hydrogen) atoms. The van der Waals surface area contributed by atoms with Gasteiger partial charge in [-0.1, -0.05) is 50.2 Å². The molecule has 1 N–H and O–H groups in total. The van der Waals surface area contributed by atoms with Crippen LogP contribution in [-0.2, 0) is 18.3 Å². The van der Waals surface area contributed by atoms with E-state index in [1.54, 1.807) is 0 Å². The van der Waals surface area contributed by atoms with Crippen LogP contribution in [0, 0.1) is 5.92 Å². The summed E-state index contributed by atoms with van der Waals surface area (Å²) in [6, 6.07) is 17.4. The van der Waals surface area contributed by atoms with Crippen molar-refractivity contribution in [3.8, 4) is 5.75 Å². The summed E-state index contributed by atoms with van der Waals surface area (Å²) in [5.41, 5.74) is 4.44. The van der Waals surface area contributed by atoms with Crippen molar-refractivity contribution in [2.75, 3.05) is 13.1 Å². The molecule has 0 saturated carbocycles. The van der Waals surface area contributed by atoms with Gasteiger partial charge >= 0.3 is 0 Å². The maximum atomic E-state index is 9.94. The van der Waals surface area contributed by atoms with Gasteiger partial charge in [-0.15, -0.1) is 0 Å². The molecule has 0 spiro atoms. The van der Waals surface area contributed by atoms with Crippen molar-refractivity contribution in [3.05, 3.63) is 65.2 Å². The minimum absolute atomic E-state index is 0.195. The number of nitrogens with zero attached hydrogens (tertiary/aromatic N) is 1. The Morgan fingerprint density at radius 1 is 1.17 bits per heavy atom. The van der Waals surface area contributed by atoms with E-state index in [-0.39, 0.29) is 5.41 Å². The van der Waals surface area contributed by atoms with E-state index in [0.29, 0.717) is 17.7 Å². The Morgan fingerprint density at radius 3 is 2.75 bits per heavy atom. The predicted molar refractivity (Wildman–Crippen MR) is 98.5 cm³/mol. The monoisotopic (exact) mass is 321 g/mol. The number of rotatable bonds is 3. The van der Waals surface area contributed by atoms with Gasteiger partial charge in [-0.05, 0) is 66.0 Å². The Hall–Kier alpha value is -1.80. The van der Waals surface area contributed by atoms with Crippen molar-refractivity contribution in [3.63, 3.8) is 0 Å². The first-order valence-corrected chi connectivity index (χ1v) is 9.18. The molecular formula is C22H27NO. The van der Waals surface area contributed by atoms with E-state index >= 15 is 0 Å². The molecule has 2 heteroatoms. The van der Waals surface area contributed by atoms with Gasteiger partial charge < -0.3 is 5.11 Å². The van der Waals surface area contributed by atoms with Crippen LogP contribution in [0.5, 0.6) is 5.75 Å². The molecule has 2 aromatic carbocycles. The van der Waals surface area contributed by atoms with Gasteiger partial charge in [-0.2, -0.15) is 0 Å². The molecule has 1 heterocycles. The summed E-state index contributed by atoms with van der Waals surface area (Å²) >= 11 is 0. The Bertz CT molecular complexity index is 726. The molecule has 3 atom stereocenters. The van der Waals surface area contributed by atoms with E-state index in [0.717, 1.165) is 25.9 Å². The van der Waals surface area contributed by atoms with Crippen LogP contribution in [0.15, 0.2) is 48.5 Å². The number of phenolic OH excluding ortho intramolecular Hbond substituents is 1. The predicted octanol–water partition coefficient (Wildman–Crippen LogP) is 4.16. The number of fused-ring (bicyclic) bond motifs is 4. The molecule has 0 aromatic heterocycles. The number of piperidine rings is 1. The van der Waals surface area contributed by atoms with Gasteiger partial charge in [0.1, 0.15) is 5.75 Å². The van der Waals surface area contributed by atoms with E-state index in [9.17, 15) is 5.11 Å². The molecule has 1 saturated heterocycles. The highest BCUT2D eigenvalue weighted by Crippen LogP contribution is 2.49. The third-order valence-electron chi connectivity index (χ3n) is 6.64. The van der Waals surface area contributed by atoms with Crippen molar-refractivity contribution >= 4 is 0 Å². The first-order chi connectivity index (χ1) is 11.6. The van der Waals surface area contributed by atoms with Crippen LogP contribution >= 0.6 is 0 Å². The molecule has 2 aliphatic rings. The van der Waals surface area contributed by atoms with Crippen molar-refractivity contribution in [1.29, 1.82) is 0 Å². The zero-order valence-electron chi connectivity index (χ0n) is 14.7. The topological polar surface area (TPSA) is 23.5 Å². The SMILES string of the molecule is CC1[C@H]2Cc3ccc(O)cc3[C@]1(C)CCN2CCc1ccccc1. The highest BCUT2D eigenvalue weighted by molar-refractivity contribution is 5.44. The highest BCUT2D eigenvalue weighted by Gasteiger charge is 2.48. The summed E-state index contributed by atoms with van der Waals surface area (Å²) < 4.78 is 0. The lowest BCUT2D eigenvalue weighted by Crippen LogP contribution is -2.58. The lowest BCUT2D eigenvalue weighted by molar-refractivity contribution is 0.0322. The van der Waals surface area contributed by atoms with Crippen LogP contribution < -0.4 is 0 Å². The Balaban J connectivity index is 1.57. The van der Waals surface area contributed by atoms with Crippen LogP contribution in [0.2, 0.25) is 0 Å². The molecule has 1 fully saturated rings. The second kappa shape index (κ2) is 5.93.